The van der Waals surface area contributed by atoms with Gasteiger partial charge in [0.15, 0.2) is 0 Å². The van der Waals surface area contributed by atoms with Gasteiger partial charge in [-0.15, -0.1) is 0 Å². The monoisotopic (exact) mass is 671 g/mol. The molecule has 0 atom stereocenters. The van der Waals surface area contributed by atoms with Crippen LogP contribution in [0.25, 0.3) is 0 Å². The number of hydrogen-bond acceptors (Lipinski definition) is 15. The maximum absolute atomic E-state index is 11.5. The molecular weight excluding hydrogens is 612 g/mol. The molecule has 0 saturated heterocycles. The molecule has 0 aromatic rings. The molecule has 17 nitrogen and oxygen atoms in total. The van der Waals surface area contributed by atoms with Gasteiger partial charge in [-0.2, -0.15) is 0 Å². The van der Waals surface area contributed by atoms with Crippen molar-refractivity contribution in [1.29, 1.82) is 5.53 Å². The minimum Gasteiger partial charge on any atom is -0.444 e. The molecule has 0 unspecified atom stereocenters. The Morgan fingerprint density at radius 3 is 1.02 bits per heavy atom. The van der Waals surface area contributed by atoms with Crippen LogP contribution in [0.15, 0.2) is 5.11 Å². The number of ether oxygens (including phenoxy) is 12. The Morgan fingerprint density at radius 2 is 0.761 bits per heavy atom. The van der Waals surface area contributed by atoms with E-state index in [1.165, 1.54) is 0 Å². The molecule has 0 rings (SSSR count). The van der Waals surface area contributed by atoms with Crippen molar-refractivity contribution in [3.63, 3.8) is 0 Å². The van der Waals surface area contributed by atoms with E-state index in [2.05, 4.69) is 15.3 Å². The fourth-order valence-electron chi connectivity index (χ4n) is 3.00. The lowest BCUT2D eigenvalue weighted by atomic mass is 10.2. The van der Waals surface area contributed by atoms with Gasteiger partial charge in [0.05, 0.1) is 145 Å². The van der Waals surface area contributed by atoms with Gasteiger partial charge in [0.2, 0.25) is 4.91 Å². The molecule has 0 aromatic heterocycles. The first-order valence-corrected chi connectivity index (χ1v) is 15.8. The van der Waals surface area contributed by atoms with Crippen LogP contribution in [-0.4, -0.2) is 170 Å². The maximum atomic E-state index is 11.5. The quantitative estimate of drug-likeness (QED) is 0.0550. The third kappa shape index (κ3) is 40.2. The maximum Gasteiger partial charge on any atom is 0.407 e. The highest BCUT2D eigenvalue weighted by molar-refractivity contribution is 5.67. The van der Waals surface area contributed by atoms with E-state index in [4.69, 9.17) is 62.4 Å². The molecule has 2 N–H and O–H groups in total. The molecule has 0 aliphatic rings. The van der Waals surface area contributed by atoms with E-state index in [1.54, 1.807) is 0 Å². The molecule has 46 heavy (non-hydrogen) atoms. The summed E-state index contributed by atoms with van der Waals surface area (Å²) in [6.45, 7) is 16.7. The lowest BCUT2D eigenvalue weighted by Gasteiger charge is -2.19. The van der Waals surface area contributed by atoms with Crippen molar-refractivity contribution in [3.05, 3.63) is 0 Å². The molecule has 0 heterocycles. The average Bonchev–Trinajstić information content (AvgIpc) is 3.01. The molecule has 0 bridgehead atoms. The SMILES string of the molecule is CC(C)(C)OC(=O)NCCOCCOCCOCCOCCOCCOCCOCCOCCOCCOCCOCCN=[N+]=N. The van der Waals surface area contributed by atoms with Crippen LogP contribution in [0.3, 0.4) is 0 Å². The van der Waals surface area contributed by atoms with Crippen molar-refractivity contribution in [2.45, 2.75) is 26.4 Å². The Hall–Kier alpha value is -1.86. The summed E-state index contributed by atoms with van der Waals surface area (Å²) < 4.78 is 64.7. The van der Waals surface area contributed by atoms with E-state index in [0.29, 0.717) is 158 Å². The van der Waals surface area contributed by atoms with Gasteiger partial charge in [0, 0.05) is 6.54 Å². The molecule has 0 spiro atoms. The highest BCUT2D eigenvalue weighted by Crippen LogP contribution is 2.06. The van der Waals surface area contributed by atoms with Gasteiger partial charge in [0.1, 0.15) is 22.8 Å². The lowest BCUT2D eigenvalue weighted by molar-refractivity contribution is -0.0274. The smallest absolute Gasteiger partial charge is 0.407 e. The Kier molecular flexibility index (Phi) is 34.5. The fourth-order valence-corrected chi connectivity index (χ4v) is 3.00. The van der Waals surface area contributed by atoms with E-state index in [9.17, 15) is 4.79 Å². The van der Waals surface area contributed by atoms with E-state index < -0.39 is 11.7 Å². The highest BCUT2D eigenvalue weighted by atomic mass is 16.6. The number of carbonyl (C=O) groups is 1. The minimum atomic E-state index is -0.513. The summed E-state index contributed by atoms with van der Waals surface area (Å²) in [6.07, 6.45) is -0.455. The van der Waals surface area contributed by atoms with E-state index in [1.807, 2.05) is 20.8 Å². The Labute approximate surface area is 273 Å². The predicted octanol–water partition coefficient (Wildman–Crippen LogP) is 1.24. The second-order valence-corrected chi connectivity index (χ2v) is 10.1. The predicted molar refractivity (Wildman–Crippen MR) is 165 cm³/mol. The van der Waals surface area contributed by atoms with Gasteiger partial charge >= 0.3 is 6.09 Å². The van der Waals surface area contributed by atoms with Crippen molar-refractivity contribution in [2.24, 2.45) is 5.11 Å². The van der Waals surface area contributed by atoms with Crippen molar-refractivity contribution in [2.75, 3.05) is 158 Å². The molecule has 0 radical (unpaired) electrons. The van der Waals surface area contributed by atoms with Gasteiger partial charge in [-0.05, 0) is 20.8 Å². The normalized spacial score (nSPS) is 11.5. The number of amides is 1. The summed E-state index contributed by atoms with van der Waals surface area (Å²) in [5.74, 6) is 0. The Bertz CT molecular complexity index is 699. The van der Waals surface area contributed by atoms with Crippen molar-refractivity contribution in [3.8, 4) is 0 Å². The summed E-state index contributed by atoms with van der Waals surface area (Å²) in [6, 6.07) is 0. The topological polar surface area (TPSA) is 190 Å². The number of rotatable bonds is 36. The molecular formula is C29H59N4O13+. The number of carbonyl (C=O) groups excluding carboxylic acids is 1. The van der Waals surface area contributed by atoms with Crippen LogP contribution in [0.2, 0.25) is 0 Å². The van der Waals surface area contributed by atoms with Crippen LogP contribution in [-0.2, 0) is 56.8 Å². The van der Waals surface area contributed by atoms with Gasteiger partial charge < -0.3 is 62.2 Å². The summed E-state index contributed by atoms with van der Waals surface area (Å²) in [5, 5.41) is 6.11. The number of nitrogens with one attached hydrogen (secondary N) is 2. The second kappa shape index (κ2) is 36.0. The minimum absolute atomic E-state index is 0.380. The second-order valence-electron chi connectivity index (χ2n) is 10.1. The summed E-state index contributed by atoms with van der Waals surface area (Å²) in [4.78, 5) is 14.4. The van der Waals surface area contributed by atoms with Crippen LogP contribution in [0.4, 0.5) is 4.79 Å². The van der Waals surface area contributed by atoms with Crippen LogP contribution in [0.1, 0.15) is 20.8 Å². The number of nitrogens with zero attached hydrogens (tertiary/aromatic N) is 2. The van der Waals surface area contributed by atoms with E-state index >= 15 is 0 Å². The van der Waals surface area contributed by atoms with Crippen LogP contribution in [0.5, 0.6) is 0 Å². The first-order chi connectivity index (χ1) is 22.5. The van der Waals surface area contributed by atoms with Crippen molar-refractivity contribution < 1.29 is 61.6 Å². The third-order valence-electron chi connectivity index (χ3n) is 5.04. The summed E-state index contributed by atoms with van der Waals surface area (Å²) in [7, 11) is 0. The molecule has 0 aromatic carbocycles. The third-order valence-corrected chi connectivity index (χ3v) is 5.04. The molecule has 0 fully saturated rings. The number of hydrogen-bond donors (Lipinski definition) is 2. The molecule has 0 aliphatic heterocycles. The van der Waals surface area contributed by atoms with Gasteiger partial charge in [-0.1, -0.05) is 0 Å². The molecule has 1 amide bonds. The lowest BCUT2D eigenvalue weighted by Crippen LogP contribution is -2.34. The Morgan fingerprint density at radius 1 is 0.500 bits per heavy atom. The molecule has 272 valence electrons. The van der Waals surface area contributed by atoms with E-state index in [-0.39, 0.29) is 0 Å². The molecule has 0 saturated carbocycles. The standard InChI is InChI=1S/C29H58N4O13/c1-29(2,3)46-28(34)31-4-6-35-8-10-37-12-14-39-16-18-41-20-22-43-24-26-45-27-25-44-23-21-42-19-17-40-15-13-38-11-9-36-7-5-32-33-30/h30H,4-27H2,1-3H3/p+1. The zero-order valence-corrected chi connectivity index (χ0v) is 28.2. The van der Waals surface area contributed by atoms with Crippen LogP contribution in [0, 0.1) is 5.53 Å². The average molecular weight is 672 g/mol. The Balaban J connectivity index is 3.10. The van der Waals surface area contributed by atoms with Crippen LogP contribution >= 0.6 is 0 Å². The fraction of sp³-hybridized carbons (Fsp3) is 0.966. The zero-order valence-electron chi connectivity index (χ0n) is 28.2. The summed E-state index contributed by atoms with van der Waals surface area (Å²) >= 11 is 0. The first-order valence-electron chi connectivity index (χ1n) is 15.8. The largest absolute Gasteiger partial charge is 0.444 e. The van der Waals surface area contributed by atoms with Gasteiger partial charge in [-0.3, -0.25) is 0 Å². The van der Waals surface area contributed by atoms with Gasteiger partial charge in [0.25, 0.3) is 0 Å². The molecule has 17 heteroatoms. The van der Waals surface area contributed by atoms with Crippen molar-refractivity contribution in [1.82, 2.24) is 10.2 Å². The van der Waals surface area contributed by atoms with Gasteiger partial charge in [-0.25, -0.2) is 4.79 Å². The summed E-state index contributed by atoms with van der Waals surface area (Å²) in [5.41, 5.74) is 6.00. The number of alkyl carbamates (subject to hydrolysis) is 1. The van der Waals surface area contributed by atoms with E-state index in [0.717, 1.165) is 0 Å². The first kappa shape index (κ1) is 44.1. The van der Waals surface area contributed by atoms with Crippen LogP contribution < -0.4 is 10.2 Å². The molecule has 0 aliphatic carbocycles. The highest BCUT2D eigenvalue weighted by Gasteiger charge is 2.15. The zero-order chi connectivity index (χ0) is 33.7. The van der Waals surface area contributed by atoms with Crippen molar-refractivity contribution >= 4 is 6.09 Å².